The number of halogens is 1. The molecule has 0 aromatic rings. The molecule has 0 nitrogen and oxygen atoms in total. The third kappa shape index (κ3) is 1.80. The first kappa shape index (κ1) is 6.20. The topological polar surface area (TPSA) is 0 Å². The van der Waals surface area contributed by atoms with Crippen LogP contribution in [0, 0.1) is 5.92 Å². The van der Waals surface area contributed by atoms with Crippen LogP contribution >= 0.6 is 34.4 Å². The molecule has 7 heavy (non-hydrogen) atoms. The summed E-state index contributed by atoms with van der Waals surface area (Å²) in [5, 5.41) is 0. The fourth-order valence-electron chi connectivity index (χ4n) is 0.705. The Morgan fingerprint density at radius 2 is 2.57 bits per heavy atom. The number of alkyl halides is 1. The molecule has 0 N–H and O–H groups in total. The fraction of sp³-hybridized carbons (Fsp3) is 1.00. The second-order valence-corrected chi connectivity index (χ2v) is 3.91. The van der Waals surface area contributed by atoms with Crippen LogP contribution in [0.3, 0.4) is 0 Å². The van der Waals surface area contributed by atoms with Crippen LogP contribution in [0.15, 0.2) is 0 Å². The van der Waals surface area contributed by atoms with Crippen LogP contribution < -0.4 is 0 Å². The molecule has 1 fully saturated rings. The molecule has 0 spiro atoms. The lowest BCUT2D eigenvalue weighted by molar-refractivity contribution is 0.691. The Bertz CT molecular complexity index is 50.0. The predicted molar refractivity (Wildman–Crippen MR) is 44.3 cm³/mol. The zero-order valence-corrected chi connectivity index (χ0v) is 7.17. The van der Waals surface area contributed by atoms with Gasteiger partial charge in [-0.15, -0.1) is 0 Å². The van der Waals surface area contributed by atoms with E-state index in [1.54, 1.807) is 0 Å². The molecule has 1 unspecified atom stereocenters. The van der Waals surface area contributed by atoms with Gasteiger partial charge in [-0.05, 0) is 23.8 Å². The van der Waals surface area contributed by atoms with E-state index in [4.69, 9.17) is 0 Å². The number of rotatable bonds is 1. The molecule has 1 atom stereocenters. The molecule has 1 saturated heterocycles. The van der Waals surface area contributed by atoms with Crippen molar-refractivity contribution in [1.82, 2.24) is 0 Å². The molecule has 0 amide bonds. The van der Waals surface area contributed by atoms with Crippen LogP contribution in [0.1, 0.15) is 6.42 Å². The lowest BCUT2D eigenvalue weighted by atomic mass is 10.2. The maximum absolute atomic E-state index is 2.48. The highest BCUT2D eigenvalue weighted by Gasteiger charge is 2.12. The van der Waals surface area contributed by atoms with Crippen molar-refractivity contribution in [2.75, 3.05) is 15.9 Å². The quantitative estimate of drug-likeness (QED) is 0.489. The first-order valence-corrected chi connectivity index (χ1v) is 5.25. The van der Waals surface area contributed by atoms with Gasteiger partial charge in [-0.1, -0.05) is 22.6 Å². The lowest BCUT2D eigenvalue weighted by Crippen LogP contribution is -1.96. The van der Waals surface area contributed by atoms with E-state index in [9.17, 15) is 0 Å². The van der Waals surface area contributed by atoms with Gasteiger partial charge in [-0.3, -0.25) is 0 Å². The zero-order valence-electron chi connectivity index (χ0n) is 4.19. The van der Waals surface area contributed by atoms with Gasteiger partial charge >= 0.3 is 0 Å². The normalized spacial score (nSPS) is 31.3. The Labute approximate surface area is 62.6 Å². The molecular formula is C5H9IS. The van der Waals surface area contributed by atoms with Gasteiger partial charge in [0.15, 0.2) is 0 Å². The summed E-state index contributed by atoms with van der Waals surface area (Å²) >= 11 is 4.58. The summed E-state index contributed by atoms with van der Waals surface area (Å²) in [5.41, 5.74) is 0. The molecule has 1 aliphatic rings. The van der Waals surface area contributed by atoms with E-state index >= 15 is 0 Å². The zero-order chi connectivity index (χ0) is 5.11. The first-order chi connectivity index (χ1) is 3.43. The molecule has 0 aromatic carbocycles. The van der Waals surface area contributed by atoms with E-state index in [-0.39, 0.29) is 0 Å². The van der Waals surface area contributed by atoms with Gasteiger partial charge in [-0.25, -0.2) is 0 Å². The van der Waals surface area contributed by atoms with Crippen molar-refractivity contribution in [3.8, 4) is 0 Å². The van der Waals surface area contributed by atoms with Crippen LogP contribution in [0.4, 0.5) is 0 Å². The Morgan fingerprint density at radius 1 is 1.71 bits per heavy atom. The molecule has 0 aromatic heterocycles. The van der Waals surface area contributed by atoms with Crippen molar-refractivity contribution in [3.63, 3.8) is 0 Å². The summed E-state index contributed by atoms with van der Waals surface area (Å²) in [6.07, 6.45) is 1.47. The van der Waals surface area contributed by atoms with E-state index < -0.39 is 0 Å². The highest BCUT2D eigenvalue weighted by atomic mass is 127. The maximum Gasteiger partial charge on any atom is 0.00318 e. The molecule has 1 aliphatic heterocycles. The van der Waals surface area contributed by atoms with Crippen molar-refractivity contribution < 1.29 is 0 Å². The minimum absolute atomic E-state index is 1.05. The predicted octanol–water partition coefficient (Wildman–Crippen LogP) is 2.17. The van der Waals surface area contributed by atoms with Crippen LogP contribution in [-0.2, 0) is 0 Å². The van der Waals surface area contributed by atoms with Gasteiger partial charge in [0.1, 0.15) is 0 Å². The first-order valence-electron chi connectivity index (χ1n) is 2.57. The monoisotopic (exact) mass is 228 g/mol. The second-order valence-electron chi connectivity index (χ2n) is 1.88. The van der Waals surface area contributed by atoms with Gasteiger partial charge in [0.2, 0.25) is 0 Å². The molecule has 0 radical (unpaired) electrons. The minimum Gasteiger partial charge on any atom is -0.162 e. The van der Waals surface area contributed by atoms with Crippen LogP contribution in [-0.4, -0.2) is 15.9 Å². The number of hydrogen-bond donors (Lipinski definition) is 0. The number of hydrogen-bond acceptors (Lipinski definition) is 1. The Morgan fingerprint density at radius 3 is 2.86 bits per heavy atom. The molecule has 0 aliphatic carbocycles. The molecule has 1 rings (SSSR count). The lowest BCUT2D eigenvalue weighted by Gasteiger charge is -1.97. The van der Waals surface area contributed by atoms with Crippen molar-refractivity contribution in [2.45, 2.75) is 6.42 Å². The highest BCUT2D eigenvalue weighted by molar-refractivity contribution is 14.1. The van der Waals surface area contributed by atoms with E-state index in [1.165, 1.54) is 22.4 Å². The van der Waals surface area contributed by atoms with Crippen LogP contribution in [0.5, 0.6) is 0 Å². The van der Waals surface area contributed by atoms with Gasteiger partial charge < -0.3 is 0 Å². The molecule has 1 heterocycles. The standard InChI is InChI=1S/C5H9IS/c6-3-5-1-2-7-4-5/h5H,1-4H2. The van der Waals surface area contributed by atoms with E-state index in [2.05, 4.69) is 34.4 Å². The average Bonchev–Trinajstić information content (AvgIpc) is 2.14. The third-order valence-electron chi connectivity index (χ3n) is 1.24. The highest BCUT2D eigenvalue weighted by Crippen LogP contribution is 2.24. The minimum atomic E-state index is 1.05. The summed E-state index contributed by atoms with van der Waals surface area (Å²) < 4.78 is 1.37. The summed E-state index contributed by atoms with van der Waals surface area (Å²) in [6.45, 7) is 0. The molecule has 42 valence electrons. The van der Waals surface area contributed by atoms with Crippen molar-refractivity contribution >= 4 is 34.4 Å². The molecular weight excluding hydrogens is 219 g/mol. The summed E-state index contributed by atoms with van der Waals surface area (Å²) in [5.74, 6) is 3.88. The maximum atomic E-state index is 2.48. The van der Waals surface area contributed by atoms with Gasteiger partial charge in [0, 0.05) is 4.43 Å². The summed E-state index contributed by atoms with van der Waals surface area (Å²) in [4.78, 5) is 0. The van der Waals surface area contributed by atoms with Crippen LogP contribution in [0.2, 0.25) is 0 Å². The van der Waals surface area contributed by atoms with E-state index in [1.807, 2.05) is 0 Å². The smallest absolute Gasteiger partial charge is 0.00318 e. The van der Waals surface area contributed by atoms with Gasteiger partial charge in [0.05, 0.1) is 0 Å². The summed E-state index contributed by atoms with van der Waals surface area (Å²) in [6, 6.07) is 0. The second kappa shape index (κ2) is 3.17. The van der Waals surface area contributed by atoms with E-state index in [0.717, 1.165) is 5.92 Å². The number of thioether (sulfide) groups is 1. The average molecular weight is 228 g/mol. The molecule has 2 heteroatoms. The van der Waals surface area contributed by atoms with E-state index in [0.29, 0.717) is 0 Å². The van der Waals surface area contributed by atoms with Crippen molar-refractivity contribution in [3.05, 3.63) is 0 Å². The summed E-state index contributed by atoms with van der Waals surface area (Å²) in [7, 11) is 0. The Balaban J connectivity index is 2.14. The largest absolute Gasteiger partial charge is 0.162 e. The third-order valence-corrected chi connectivity index (χ3v) is 3.72. The van der Waals surface area contributed by atoms with Crippen molar-refractivity contribution in [1.29, 1.82) is 0 Å². The molecule has 0 saturated carbocycles. The Kier molecular flexibility index (Phi) is 2.81. The van der Waals surface area contributed by atoms with Crippen LogP contribution in [0.25, 0.3) is 0 Å². The van der Waals surface area contributed by atoms with Crippen molar-refractivity contribution in [2.24, 2.45) is 5.92 Å². The SMILES string of the molecule is ICC1CCSC1. The Hall–Kier alpha value is 1.08. The molecule has 0 bridgehead atoms. The van der Waals surface area contributed by atoms with Gasteiger partial charge in [0.25, 0.3) is 0 Å². The van der Waals surface area contributed by atoms with Gasteiger partial charge in [-0.2, -0.15) is 11.8 Å². The fourth-order valence-corrected chi connectivity index (χ4v) is 3.16.